The second-order valence-electron chi connectivity index (χ2n) is 5.00. The molecule has 0 saturated carbocycles. The molecule has 2 aromatic rings. The lowest BCUT2D eigenvalue weighted by Gasteiger charge is -2.22. The van der Waals surface area contributed by atoms with Crippen molar-refractivity contribution in [3.05, 3.63) is 59.7 Å². The van der Waals surface area contributed by atoms with Gasteiger partial charge in [-0.05, 0) is 23.8 Å². The van der Waals surface area contributed by atoms with Crippen molar-refractivity contribution >= 4 is 11.6 Å². The Morgan fingerprint density at radius 3 is 2.55 bits per heavy atom. The van der Waals surface area contributed by atoms with Crippen LogP contribution in [0.4, 0.5) is 5.69 Å². The molecule has 0 aliphatic carbocycles. The second-order valence-corrected chi connectivity index (χ2v) is 5.00. The van der Waals surface area contributed by atoms with Crippen LogP contribution in [-0.2, 0) is 16.8 Å². The highest BCUT2D eigenvalue weighted by atomic mass is 16.5. The van der Waals surface area contributed by atoms with Gasteiger partial charge in [-0.3, -0.25) is 4.79 Å². The van der Waals surface area contributed by atoms with Crippen LogP contribution in [0.3, 0.4) is 0 Å². The van der Waals surface area contributed by atoms with Crippen molar-refractivity contribution in [2.24, 2.45) is 5.73 Å². The number of para-hydroxylation sites is 1. The standard InChI is InChI=1S/C16H16N2O2/c1-20-12-8-6-11(7-9-12)10-16(17)13-4-2-3-5-14(13)18-15(16)19/h2-9H,10,17H2,1H3,(H,18,19). The molecule has 1 heterocycles. The van der Waals surface area contributed by atoms with Crippen molar-refractivity contribution in [3.8, 4) is 5.75 Å². The number of benzene rings is 2. The highest BCUT2D eigenvalue weighted by Crippen LogP contribution is 2.36. The Labute approximate surface area is 117 Å². The van der Waals surface area contributed by atoms with Crippen molar-refractivity contribution < 1.29 is 9.53 Å². The Morgan fingerprint density at radius 2 is 1.85 bits per heavy atom. The van der Waals surface area contributed by atoms with Gasteiger partial charge in [0.25, 0.3) is 0 Å². The molecule has 0 fully saturated rings. The minimum atomic E-state index is -1.01. The Morgan fingerprint density at radius 1 is 1.15 bits per heavy atom. The van der Waals surface area contributed by atoms with Gasteiger partial charge in [0.05, 0.1) is 7.11 Å². The summed E-state index contributed by atoms with van der Waals surface area (Å²) in [7, 11) is 1.63. The smallest absolute Gasteiger partial charge is 0.249 e. The van der Waals surface area contributed by atoms with Crippen molar-refractivity contribution in [1.82, 2.24) is 0 Å². The van der Waals surface area contributed by atoms with E-state index in [0.29, 0.717) is 6.42 Å². The van der Waals surface area contributed by atoms with E-state index in [2.05, 4.69) is 5.32 Å². The van der Waals surface area contributed by atoms with Gasteiger partial charge in [0.1, 0.15) is 11.3 Å². The minimum absolute atomic E-state index is 0.158. The first-order valence-electron chi connectivity index (χ1n) is 6.46. The molecule has 3 N–H and O–H groups in total. The van der Waals surface area contributed by atoms with E-state index in [1.165, 1.54) is 0 Å². The van der Waals surface area contributed by atoms with Gasteiger partial charge in [-0.2, -0.15) is 0 Å². The average molecular weight is 268 g/mol. The third kappa shape index (κ3) is 1.94. The van der Waals surface area contributed by atoms with Crippen LogP contribution in [0.1, 0.15) is 11.1 Å². The largest absolute Gasteiger partial charge is 0.497 e. The van der Waals surface area contributed by atoms with E-state index < -0.39 is 5.54 Å². The second kappa shape index (κ2) is 4.65. The molecule has 0 bridgehead atoms. The summed E-state index contributed by atoms with van der Waals surface area (Å²) >= 11 is 0. The molecule has 0 aromatic heterocycles. The predicted octanol–water partition coefficient (Wildman–Crippen LogP) is 2.04. The number of nitrogens with two attached hydrogens (primary N) is 1. The van der Waals surface area contributed by atoms with Crippen LogP contribution in [0, 0.1) is 0 Å². The Balaban J connectivity index is 1.94. The number of fused-ring (bicyclic) bond motifs is 1. The number of nitrogens with one attached hydrogen (secondary N) is 1. The summed E-state index contributed by atoms with van der Waals surface area (Å²) < 4.78 is 5.13. The van der Waals surface area contributed by atoms with Gasteiger partial charge in [0.15, 0.2) is 0 Å². The van der Waals surface area contributed by atoms with Crippen LogP contribution >= 0.6 is 0 Å². The van der Waals surface area contributed by atoms with E-state index in [1.807, 2.05) is 48.5 Å². The summed E-state index contributed by atoms with van der Waals surface area (Å²) in [6.45, 7) is 0. The summed E-state index contributed by atoms with van der Waals surface area (Å²) in [4.78, 5) is 12.2. The SMILES string of the molecule is COc1ccc(CC2(N)C(=O)Nc3ccccc32)cc1. The van der Waals surface area contributed by atoms with E-state index >= 15 is 0 Å². The van der Waals surface area contributed by atoms with Crippen LogP contribution < -0.4 is 15.8 Å². The van der Waals surface area contributed by atoms with Crippen LogP contribution in [0.15, 0.2) is 48.5 Å². The summed E-state index contributed by atoms with van der Waals surface area (Å²) in [5, 5.41) is 2.84. The number of amides is 1. The third-order valence-electron chi connectivity index (χ3n) is 3.70. The zero-order valence-corrected chi connectivity index (χ0v) is 11.2. The molecular weight excluding hydrogens is 252 g/mol. The van der Waals surface area contributed by atoms with Gasteiger partial charge in [0, 0.05) is 17.7 Å². The zero-order valence-electron chi connectivity index (χ0n) is 11.2. The summed E-state index contributed by atoms with van der Waals surface area (Å²) in [6.07, 6.45) is 0.458. The normalized spacial score (nSPS) is 20.4. The van der Waals surface area contributed by atoms with E-state index in [4.69, 9.17) is 10.5 Å². The van der Waals surface area contributed by atoms with Crippen LogP contribution in [0.5, 0.6) is 5.75 Å². The Hall–Kier alpha value is -2.33. The van der Waals surface area contributed by atoms with Crippen molar-refractivity contribution in [2.45, 2.75) is 12.0 Å². The van der Waals surface area contributed by atoms with Crippen LogP contribution in [-0.4, -0.2) is 13.0 Å². The summed E-state index contributed by atoms with van der Waals surface area (Å²) in [5.41, 5.74) is 8.01. The fourth-order valence-electron chi connectivity index (χ4n) is 2.58. The Bertz CT molecular complexity index is 652. The molecule has 2 aromatic carbocycles. The maximum absolute atomic E-state index is 12.2. The lowest BCUT2D eigenvalue weighted by Crippen LogP contribution is -2.45. The van der Waals surface area contributed by atoms with Crippen molar-refractivity contribution in [1.29, 1.82) is 0 Å². The number of methoxy groups -OCH3 is 1. The molecule has 4 nitrogen and oxygen atoms in total. The summed E-state index contributed by atoms with van der Waals surface area (Å²) in [6, 6.07) is 15.2. The van der Waals surface area contributed by atoms with Gasteiger partial charge in [0.2, 0.25) is 5.91 Å². The first-order chi connectivity index (χ1) is 9.63. The maximum atomic E-state index is 12.2. The molecule has 1 unspecified atom stereocenters. The molecule has 3 rings (SSSR count). The fraction of sp³-hybridized carbons (Fsp3) is 0.188. The van der Waals surface area contributed by atoms with Gasteiger partial charge in [-0.25, -0.2) is 0 Å². The van der Waals surface area contributed by atoms with Crippen LogP contribution in [0.25, 0.3) is 0 Å². The minimum Gasteiger partial charge on any atom is -0.497 e. The molecule has 0 radical (unpaired) electrons. The average Bonchev–Trinajstić information content (AvgIpc) is 2.72. The molecular formula is C16H16N2O2. The van der Waals surface area contributed by atoms with E-state index in [0.717, 1.165) is 22.6 Å². The van der Waals surface area contributed by atoms with Gasteiger partial charge in [-0.1, -0.05) is 30.3 Å². The molecule has 1 atom stereocenters. The third-order valence-corrected chi connectivity index (χ3v) is 3.70. The van der Waals surface area contributed by atoms with Crippen molar-refractivity contribution in [3.63, 3.8) is 0 Å². The molecule has 1 aliphatic rings. The number of rotatable bonds is 3. The molecule has 102 valence electrons. The number of hydrogen-bond acceptors (Lipinski definition) is 3. The topological polar surface area (TPSA) is 64.3 Å². The van der Waals surface area contributed by atoms with E-state index in [-0.39, 0.29) is 5.91 Å². The van der Waals surface area contributed by atoms with Crippen LogP contribution in [0.2, 0.25) is 0 Å². The fourth-order valence-corrected chi connectivity index (χ4v) is 2.58. The monoisotopic (exact) mass is 268 g/mol. The summed E-state index contributed by atoms with van der Waals surface area (Å²) in [5.74, 6) is 0.630. The first kappa shape index (κ1) is 12.7. The Kier molecular flexibility index (Phi) is 2.95. The van der Waals surface area contributed by atoms with Crippen molar-refractivity contribution in [2.75, 3.05) is 12.4 Å². The number of carbonyl (C=O) groups excluding carboxylic acids is 1. The molecule has 1 aliphatic heterocycles. The highest BCUT2D eigenvalue weighted by molar-refractivity contribution is 6.05. The molecule has 20 heavy (non-hydrogen) atoms. The molecule has 0 saturated heterocycles. The highest BCUT2D eigenvalue weighted by Gasteiger charge is 2.43. The number of anilines is 1. The predicted molar refractivity (Wildman–Crippen MR) is 77.6 cm³/mol. The van der Waals surface area contributed by atoms with Gasteiger partial charge >= 0.3 is 0 Å². The molecule has 4 heteroatoms. The molecule has 1 amide bonds. The first-order valence-corrected chi connectivity index (χ1v) is 6.46. The van der Waals surface area contributed by atoms with E-state index in [1.54, 1.807) is 7.11 Å². The van der Waals surface area contributed by atoms with Gasteiger partial charge in [-0.15, -0.1) is 0 Å². The zero-order chi connectivity index (χ0) is 14.2. The maximum Gasteiger partial charge on any atom is 0.249 e. The lowest BCUT2D eigenvalue weighted by atomic mass is 9.86. The van der Waals surface area contributed by atoms with Gasteiger partial charge < -0.3 is 15.8 Å². The number of carbonyl (C=O) groups is 1. The quantitative estimate of drug-likeness (QED) is 0.895. The molecule has 0 spiro atoms. The van der Waals surface area contributed by atoms with E-state index in [9.17, 15) is 4.79 Å². The lowest BCUT2D eigenvalue weighted by molar-refractivity contribution is -0.120. The number of hydrogen-bond donors (Lipinski definition) is 2. The number of ether oxygens (including phenoxy) is 1.